The van der Waals surface area contributed by atoms with Crippen LogP contribution in [0.25, 0.3) is 0 Å². The minimum atomic E-state index is -0.909. The van der Waals surface area contributed by atoms with E-state index < -0.39 is 12.1 Å². The molecule has 9 nitrogen and oxygen atoms in total. The molecule has 0 aliphatic carbocycles. The number of fused-ring (bicyclic) bond motifs is 1. The van der Waals surface area contributed by atoms with Crippen molar-refractivity contribution in [2.75, 3.05) is 46.0 Å². The van der Waals surface area contributed by atoms with Crippen LogP contribution in [0, 0.1) is 0 Å². The summed E-state index contributed by atoms with van der Waals surface area (Å²) in [5.74, 6) is 0.0659. The number of piperazine rings is 1. The highest BCUT2D eigenvalue weighted by atomic mass is 16.6. The highest BCUT2D eigenvalue weighted by Crippen LogP contribution is 2.31. The lowest BCUT2D eigenvalue weighted by molar-refractivity contribution is -0.160. The summed E-state index contributed by atoms with van der Waals surface area (Å²) >= 11 is 0. The largest absolute Gasteiger partial charge is 0.485 e. The van der Waals surface area contributed by atoms with Crippen molar-refractivity contribution < 1.29 is 33.3 Å². The van der Waals surface area contributed by atoms with Crippen LogP contribution in [0.3, 0.4) is 0 Å². The molecule has 0 aromatic heterocycles. The first-order valence-corrected chi connectivity index (χ1v) is 8.83. The lowest BCUT2D eigenvalue weighted by Crippen LogP contribution is -2.51. The molecule has 2 aliphatic rings. The average molecular weight is 378 g/mol. The number of amides is 2. The summed E-state index contributed by atoms with van der Waals surface area (Å²) in [5, 5.41) is 0. The van der Waals surface area contributed by atoms with Gasteiger partial charge in [0.05, 0.1) is 6.61 Å². The number of rotatable bonds is 4. The monoisotopic (exact) mass is 378 g/mol. The van der Waals surface area contributed by atoms with Crippen molar-refractivity contribution in [3.8, 4) is 11.5 Å². The Kier molecular flexibility index (Phi) is 6.00. The molecule has 0 spiro atoms. The van der Waals surface area contributed by atoms with Crippen LogP contribution in [0.4, 0.5) is 4.79 Å². The highest BCUT2D eigenvalue weighted by molar-refractivity contribution is 5.82. The van der Waals surface area contributed by atoms with Gasteiger partial charge in [-0.3, -0.25) is 4.79 Å². The molecule has 9 heteroatoms. The van der Waals surface area contributed by atoms with Gasteiger partial charge in [0.15, 0.2) is 18.1 Å². The first-order chi connectivity index (χ1) is 13.1. The van der Waals surface area contributed by atoms with Gasteiger partial charge in [-0.2, -0.15) is 0 Å². The first-order valence-electron chi connectivity index (χ1n) is 8.83. The molecule has 1 atom stereocenters. The van der Waals surface area contributed by atoms with Crippen LogP contribution in [0.5, 0.6) is 11.5 Å². The summed E-state index contributed by atoms with van der Waals surface area (Å²) < 4.78 is 21.0. The third kappa shape index (κ3) is 4.60. The van der Waals surface area contributed by atoms with Gasteiger partial charge in [0.2, 0.25) is 6.10 Å². The molecule has 1 aromatic carbocycles. The molecule has 3 rings (SSSR count). The SMILES string of the molecule is CCOC(=O)N1CCN(C(=O)COC(=O)[C@H]2COc3ccccc3O2)CC1. The molecular formula is C18H22N2O7. The Morgan fingerprint density at radius 3 is 2.41 bits per heavy atom. The maximum Gasteiger partial charge on any atom is 0.409 e. The Morgan fingerprint density at radius 1 is 1.04 bits per heavy atom. The molecule has 0 saturated carbocycles. The maximum atomic E-state index is 12.2. The molecule has 0 radical (unpaired) electrons. The molecule has 1 saturated heterocycles. The van der Waals surface area contributed by atoms with Crippen molar-refractivity contribution in [3.63, 3.8) is 0 Å². The third-order valence-electron chi connectivity index (χ3n) is 4.27. The predicted molar refractivity (Wildman–Crippen MR) is 92.5 cm³/mol. The van der Waals surface area contributed by atoms with Crippen LogP contribution in [0.15, 0.2) is 24.3 Å². The Morgan fingerprint density at radius 2 is 1.70 bits per heavy atom. The number of ether oxygens (including phenoxy) is 4. The van der Waals surface area contributed by atoms with E-state index in [0.29, 0.717) is 44.3 Å². The molecular weight excluding hydrogens is 356 g/mol. The van der Waals surface area contributed by atoms with E-state index >= 15 is 0 Å². The van der Waals surface area contributed by atoms with Crippen molar-refractivity contribution >= 4 is 18.0 Å². The summed E-state index contributed by atoms with van der Waals surface area (Å²) in [7, 11) is 0. The molecule has 1 fully saturated rings. The van der Waals surface area contributed by atoms with Crippen LogP contribution in [0.1, 0.15) is 6.92 Å². The van der Waals surface area contributed by atoms with E-state index in [-0.39, 0.29) is 25.2 Å². The fraction of sp³-hybridized carbons (Fsp3) is 0.500. The summed E-state index contributed by atoms with van der Waals surface area (Å²) in [6.45, 7) is 3.21. The van der Waals surface area contributed by atoms with Crippen molar-refractivity contribution in [2.24, 2.45) is 0 Å². The number of para-hydroxylation sites is 2. The molecule has 0 unspecified atom stereocenters. The van der Waals surface area contributed by atoms with Crippen LogP contribution in [-0.2, 0) is 19.1 Å². The topological polar surface area (TPSA) is 94.6 Å². The number of hydrogen-bond acceptors (Lipinski definition) is 7. The number of carbonyl (C=O) groups is 3. The Labute approximate surface area is 156 Å². The van der Waals surface area contributed by atoms with Crippen molar-refractivity contribution in [2.45, 2.75) is 13.0 Å². The van der Waals surface area contributed by atoms with E-state index in [9.17, 15) is 14.4 Å². The lowest BCUT2D eigenvalue weighted by Gasteiger charge is -2.34. The van der Waals surface area contributed by atoms with E-state index in [1.807, 2.05) is 0 Å². The molecule has 146 valence electrons. The Balaban J connectivity index is 1.42. The Hall–Kier alpha value is -2.97. The Bertz CT molecular complexity index is 701. The van der Waals surface area contributed by atoms with E-state index in [4.69, 9.17) is 18.9 Å². The zero-order valence-electron chi connectivity index (χ0n) is 15.1. The molecule has 0 bridgehead atoms. The summed E-state index contributed by atoms with van der Waals surface area (Å²) in [5.41, 5.74) is 0. The van der Waals surface area contributed by atoms with Crippen LogP contribution >= 0.6 is 0 Å². The van der Waals surface area contributed by atoms with Gasteiger partial charge in [0.1, 0.15) is 6.61 Å². The van der Waals surface area contributed by atoms with Crippen LogP contribution < -0.4 is 9.47 Å². The average Bonchev–Trinajstić information content (AvgIpc) is 2.71. The maximum absolute atomic E-state index is 12.2. The molecule has 27 heavy (non-hydrogen) atoms. The molecule has 2 aliphatic heterocycles. The van der Waals surface area contributed by atoms with Crippen molar-refractivity contribution in [3.05, 3.63) is 24.3 Å². The molecule has 2 amide bonds. The van der Waals surface area contributed by atoms with Crippen molar-refractivity contribution in [1.29, 1.82) is 0 Å². The van der Waals surface area contributed by atoms with E-state index in [0.717, 1.165) is 0 Å². The molecule has 2 heterocycles. The quantitative estimate of drug-likeness (QED) is 0.711. The molecule has 1 aromatic rings. The van der Waals surface area contributed by atoms with Gasteiger partial charge in [0.25, 0.3) is 5.91 Å². The molecule has 0 N–H and O–H groups in total. The van der Waals surface area contributed by atoms with Gasteiger partial charge in [0, 0.05) is 26.2 Å². The highest BCUT2D eigenvalue weighted by Gasteiger charge is 2.30. The van der Waals surface area contributed by atoms with Crippen LogP contribution in [-0.4, -0.2) is 79.9 Å². The van der Waals surface area contributed by atoms with Gasteiger partial charge < -0.3 is 28.7 Å². The lowest BCUT2D eigenvalue weighted by atomic mass is 10.2. The third-order valence-corrected chi connectivity index (χ3v) is 4.27. The van der Waals surface area contributed by atoms with Gasteiger partial charge in [-0.25, -0.2) is 9.59 Å². The second-order valence-electron chi connectivity index (χ2n) is 6.04. The second kappa shape index (κ2) is 8.61. The predicted octanol–water partition coefficient (Wildman–Crippen LogP) is 0.670. The number of benzene rings is 1. The number of esters is 1. The van der Waals surface area contributed by atoms with Gasteiger partial charge in [-0.05, 0) is 19.1 Å². The fourth-order valence-electron chi connectivity index (χ4n) is 2.81. The van der Waals surface area contributed by atoms with Crippen LogP contribution in [0.2, 0.25) is 0 Å². The minimum absolute atomic E-state index is 0.0300. The zero-order valence-corrected chi connectivity index (χ0v) is 15.1. The van der Waals surface area contributed by atoms with Gasteiger partial charge in [-0.15, -0.1) is 0 Å². The number of carbonyl (C=O) groups excluding carboxylic acids is 3. The summed E-state index contributed by atoms with van der Waals surface area (Å²) in [4.78, 5) is 39.1. The van der Waals surface area contributed by atoms with Gasteiger partial charge in [-0.1, -0.05) is 12.1 Å². The van der Waals surface area contributed by atoms with E-state index in [2.05, 4.69) is 0 Å². The van der Waals surface area contributed by atoms with E-state index in [1.54, 1.807) is 41.0 Å². The first kappa shape index (κ1) is 18.8. The fourth-order valence-corrected chi connectivity index (χ4v) is 2.81. The second-order valence-corrected chi connectivity index (χ2v) is 6.04. The smallest absolute Gasteiger partial charge is 0.409 e. The minimum Gasteiger partial charge on any atom is -0.485 e. The van der Waals surface area contributed by atoms with E-state index in [1.165, 1.54) is 0 Å². The number of nitrogens with zero attached hydrogens (tertiary/aromatic N) is 2. The van der Waals surface area contributed by atoms with Crippen molar-refractivity contribution in [1.82, 2.24) is 9.80 Å². The zero-order chi connectivity index (χ0) is 19.2. The number of hydrogen-bond donors (Lipinski definition) is 0. The standard InChI is InChI=1S/C18H22N2O7/c1-2-24-18(23)20-9-7-19(8-10-20)16(21)12-26-17(22)15-11-25-13-5-3-4-6-14(13)27-15/h3-6,15H,2,7-12H2,1H3/t15-/m1/s1. The summed E-state index contributed by atoms with van der Waals surface area (Å²) in [6.07, 6.45) is -1.29. The summed E-state index contributed by atoms with van der Waals surface area (Å²) in [6, 6.07) is 7.02. The normalized spacial score (nSPS) is 18.6. The van der Waals surface area contributed by atoms with Gasteiger partial charge >= 0.3 is 12.1 Å².